The van der Waals surface area contributed by atoms with E-state index in [0.29, 0.717) is 11.1 Å². The van der Waals surface area contributed by atoms with Crippen LogP contribution in [-0.2, 0) is 12.4 Å². The molecule has 0 nitrogen and oxygen atoms in total. The Balaban J connectivity index is 1.10. The third kappa shape index (κ3) is 5.81. The minimum absolute atomic E-state index is 0.694. The first-order valence-corrected chi connectivity index (χ1v) is 25.3. The lowest BCUT2D eigenvalue weighted by Gasteiger charge is -2.17. The predicted molar refractivity (Wildman–Crippen MR) is 295 cm³/mol. The van der Waals surface area contributed by atoms with Crippen molar-refractivity contribution in [1.29, 1.82) is 0 Å². The van der Waals surface area contributed by atoms with Crippen molar-refractivity contribution in [3.63, 3.8) is 0 Å². The predicted octanol–water partition coefficient (Wildman–Crippen LogP) is 19.7. The number of rotatable bonds is 4. The van der Waals surface area contributed by atoms with E-state index >= 15 is 0 Å². The second kappa shape index (κ2) is 15.2. The molecule has 0 radical (unpaired) electrons. The van der Waals surface area contributed by atoms with Crippen LogP contribution in [0.1, 0.15) is 11.1 Å². The Kier molecular flexibility index (Phi) is 8.62. The van der Waals surface area contributed by atoms with Crippen LogP contribution in [0.15, 0.2) is 218 Å². The van der Waals surface area contributed by atoms with Gasteiger partial charge in [-0.15, -0.1) is 0 Å². The third-order valence-corrected chi connectivity index (χ3v) is 16.5. The van der Waals surface area contributed by atoms with E-state index < -0.39 is 23.5 Å². The number of hydrogen-bond acceptors (Lipinski definition) is 0. The second-order valence-electron chi connectivity index (χ2n) is 20.3. The van der Waals surface area contributed by atoms with E-state index in [4.69, 9.17) is 0 Å². The molecule has 0 amide bonds. The Morgan fingerprint density at radius 2 is 0.513 bits per heavy atom. The lowest BCUT2D eigenvalue weighted by molar-refractivity contribution is -0.138. The maximum atomic E-state index is 14.2. The maximum absolute atomic E-state index is 14.2. The van der Waals surface area contributed by atoms with Crippen molar-refractivity contribution >= 4 is 75.4 Å². The largest absolute Gasteiger partial charge is 0.416 e. The van der Waals surface area contributed by atoms with Gasteiger partial charge in [0.25, 0.3) is 0 Å². The lowest BCUT2D eigenvalue weighted by Crippen LogP contribution is -2.04. The Bertz CT molecular complexity index is 5300. The number of alkyl halides is 6. The molecule has 0 heterocycles. The molecule has 0 saturated heterocycles. The monoisotopic (exact) mass is 990 g/mol. The minimum atomic E-state index is -4.49. The van der Waals surface area contributed by atoms with Gasteiger partial charge in [0.1, 0.15) is 0 Å². The summed E-state index contributed by atoms with van der Waals surface area (Å²) in [5.41, 5.74) is 6.03. The molecule has 0 spiro atoms. The molecular weight excluding hydrogens is 955 g/mol. The van der Waals surface area contributed by atoms with Gasteiger partial charge in [0.15, 0.2) is 0 Å². The van der Waals surface area contributed by atoms with Crippen LogP contribution < -0.4 is 0 Å². The van der Waals surface area contributed by atoms with Crippen LogP contribution >= 0.6 is 0 Å². The first-order chi connectivity index (χ1) is 37.0. The summed E-state index contributed by atoms with van der Waals surface area (Å²) >= 11 is 0. The Labute approximate surface area is 427 Å². The normalized spacial score (nSPS) is 12.9. The summed E-state index contributed by atoms with van der Waals surface area (Å²) in [7, 11) is 0. The van der Waals surface area contributed by atoms with E-state index in [2.05, 4.69) is 121 Å². The fourth-order valence-electron chi connectivity index (χ4n) is 13.5. The fraction of sp³-hybridized carbons (Fsp3) is 0.0286. The van der Waals surface area contributed by atoms with E-state index in [0.717, 1.165) is 151 Å². The highest BCUT2D eigenvalue weighted by atomic mass is 19.4. The van der Waals surface area contributed by atoms with Gasteiger partial charge in [0.05, 0.1) is 11.1 Å². The summed E-state index contributed by atoms with van der Waals surface area (Å²) in [4.78, 5) is 0. The zero-order valence-electron chi connectivity index (χ0n) is 40.1. The molecule has 0 aromatic heterocycles. The van der Waals surface area contributed by atoms with Gasteiger partial charge in [0, 0.05) is 0 Å². The van der Waals surface area contributed by atoms with Crippen molar-refractivity contribution < 1.29 is 26.3 Å². The number of halogens is 6. The second-order valence-corrected chi connectivity index (χ2v) is 20.3. The van der Waals surface area contributed by atoms with Crippen LogP contribution in [0.5, 0.6) is 0 Å². The molecule has 16 rings (SSSR count). The summed E-state index contributed by atoms with van der Waals surface area (Å²) in [5.74, 6) is 0. The summed E-state index contributed by atoms with van der Waals surface area (Å²) in [6, 6.07) is 70.8. The Hall–Kier alpha value is -9.26. The van der Waals surface area contributed by atoms with Crippen LogP contribution in [0.4, 0.5) is 26.3 Å². The standard InChI is InChI=1S/C70H36F6/c71-69(72,73)43-23-19-39(20-24-43)58-46-18-10-9-17-45(46)57(37-11-3-1-4-12-37)65-51-31-27-47-50-30-34-54-64-53(33-29-49(62(50)64)48-28-32-52(66(58)65)63(51)61(47)48)67-59(38-13-5-2-6-14-38)55-35-41-15-7-8-16-42(41)36-56(55)60(68(54)67)40-21-25-44(26-22-40)70(74,75)76/h1-36H. The van der Waals surface area contributed by atoms with E-state index in [1.165, 1.54) is 24.3 Å². The van der Waals surface area contributed by atoms with Gasteiger partial charge in [-0.05, 0) is 198 Å². The van der Waals surface area contributed by atoms with Gasteiger partial charge in [-0.1, -0.05) is 182 Å². The van der Waals surface area contributed by atoms with Gasteiger partial charge in [-0.25, -0.2) is 0 Å². The molecule has 0 fully saturated rings. The molecule has 2 aliphatic rings. The molecule has 14 aromatic carbocycles. The van der Waals surface area contributed by atoms with Gasteiger partial charge < -0.3 is 0 Å². The van der Waals surface area contributed by atoms with Crippen molar-refractivity contribution in [2.24, 2.45) is 0 Å². The SMILES string of the molecule is FC(F)(F)c1ccc(-c2c3c(c(-c4ccccc4)c4ccccc24)=c2ccc4c5ccc6c7c(ccc(c8ccc=3c2c84)c75)=c2c(-c3ccccc3)c3cc4ccccc4cc3c(-c3ccc(C(F)(F)F)cc3)c2=6)cc1. The quantitative estimate of drug-likeness (QED) is 0.0936. The van der Waals surface area contributed by atoms with E-state index in [1.807, 2.05) is 48.5 Å². The molecule has 0 atom stereocenters. The Morgan fingerprint density at radius 3 is 0.842 bits per heavy atom. The van der Waals surface area contributed by atoms with Crippen molar-refractivity contribution in [1.82, 2.24) is 0 Å². The smallest absolute Gasteiger partial charge is 0.166 e. The van der Waals surface area contributed by atoms with Crippen molar-refractivity contribution in [2.75, 3.05) is 0 Å². The van der Waals surface area contributed by atoms with E-state index in [9.17, 15) is 26.3 Å². The van der Waals surface area contributed by atoms with Gasteiger partial charge in [-0.3, -0.25) is 0 Å². The summed E-state index contributed by atoms with van der Waals surface area (Å²) in [5, 5.41) is 23.1. The number of hydrogen-bond donors (Lipinski definition) is 0. The highest BCUT2D eigenvalue weighted by Crippen LogP contribution is 2.50. The zero-order valence-corrected chi connectivity index (χ0v) is 40.1. The average molecular weight is 991 g/mol. The van der Waals surface area contributed by atoms with E-state index in [1.54, 1.807) is 24.3 Å². The zero-order chi connectivity index (χ0) is 50.9. The molecule has 0 aliphatic heterocycles. The molecule has 76 heavy (non-hydrogen) atoms. The van der Waals surface area contributed by atoms with Crippen molar-refractivity contribution in [3.05, 3.63) is 271 Å². The molecule has 0 N–H and O–H groups in total. The molecule has 0 saturated carbocycles. The van der Waals surface area contributed by atoms with E-state index in [-0.39, 0.29) is 0 Å². The summed E-state index contributed by atoms with van der Waals surface area (Å²) in [6.45, 7) is 0. The molecular formula is C70H36F6. The number of fused-ring (bicyclic) bond motifs is 7. The number of benzene rings is 14. The minimum Gasteiger partial charge on any atom is -0.166 e. The van der Waals surface area contributed by atoms with Gasteiger partial charge in [0.2, 0.25) is 0 Å². The summed E-state index contributed by atoms with van der Waals surface area (Å²) < 4.78 is 84.9. The lowest BCUT2D eigenvalue weighted by atomic mass is 9.87. The highest BCUT2D eigenvalue weighted by molar-refractivity contribution is 6.33. The first-order valence-electron chi connectivity index (χ1n) is 25.3. The average Bonchev–Trinajstić information content (AvgIpc) is 4.16. The van der Waals surface area contributed by atoms with Crippen LogP contribution in [0.3, 0.4) is 0 Å². The van der Waals surface area contributed by atoms with Gasteiger partial charge >= 0.3 is 12.4 Å². The van der Waals surface area contributed by atoms with Crippen molar-refractivity contribution in [3.8, 4) is 44.5 Å². The maximum Gasteiger partial charge on any atom is 0.416 e. The van der Waals surface area contributed by atoms with Gasteiger partial charge in [-0.2, -0.15) is 26.3 Å². The molecule has 2 aliphatic carbocycles. The highest BCUT2D eigenvalue weighted by Gasteiger charge is 2.32. The molecule has 0 unspecified atom stereocenters. The third-order valence-electron chi connectivity index (χ3n) is 16.5. The van der Waals surface area contributed by atoms with Crippen molar-refractivity contribution in [2.45, 2.75) is 12.4 Å². The molecule has 0 bridgehead atoms. The van der Waals surface area contributed by atoms with Crippen LogP contribution in [0, 0.1) is 41.7 Å². The molecule has 14 aromatic rings. The van der Waals surface area contributed by atoms with Crippen LogP contribution in [0.2, 0.25) is 0 Å². The summed E-state index contributed by atoms with van der Waals surface area (Å²) in [6.07, 6.45) is -8.97. The Morgan fingerprint density at radius 1 is 0.224 bits per heavy atom. The first kappa shape index (κ1) is 43.2. The van der Waals surface area contributed by atoms with Crippen LogP contribution in [-0.4, -0.2) is 0 Å². The molecule has 358 valence electrons. The molecule has 6 heteroatoms. The topological polar surface area (TPSA) is 0 Å². The fourth-order valence-corrected chi connectivity index (χ4v) is 13.5. The van der Waals surface area contributed by atoms with Crippen LogP contribution in [0.25, 0.3) is 120 Å².